The minimum absolute atomic E-state index is 0.263. The molecule has 2 heterocycles. The molecule has 2 unspecified atom stereocenters. The van der Waals surface area contributed by atoms with E-state index >= 15 is 0 Å². The van der Waals surface area contributed by atoms with Crippen LogP contribution < -0.4 is 5.73 Å². The van der Waals surface area contributed by atoms with Gasteiger partial charge >= 0.3 is 0 Å². The fourth-order valence-corrected chi connectivity index (χ4v) is 2.58. The van der Waals surface area contributed by atoms with E-state index in [4.69, 9.17) is 10.8 Å². The average molecular weight is 280 g/mol. The van der Waals surface area contributed by atoms with Crippen molar-refractivity contribution in [3.05, 3.63) is 18.6 Å². The number of aromatic nitrogens is 3. The fourth-order valence-electron chi connectivity index (χ4n) is 2.58. The second-order valence-electron chi connectivity index (χ2n) is 5.13. The summed E-state index contributed by atoms with van der Waals surface area (Å²) in [5.41, 5.74) is 4.82. The number of fused-ring (bicyclic) bond motifs is 1. The van der Waals surface area contributed by atoms with E-state index in [-0.39, 0.29) is 6.42 Å². The minimum atomic E-state index is -1.48. The van der Waals surface area contributed by atoms with Gasteiger partial charge in [-0.15, -0.1) is 0 Å². The van der Waals surface area contributed by atoms with Crippen LogP contribution in [0.1, 0.15) is 12.5 Å². The predicted octanol–water partition coefficient (Wildman–Crippen LogP) is -1.60. The highest BCUT2D eigenvalue weighted by Crippen LogP contribution is 2.51. The van der Waals surface area contributed by atoms with Gasteiger partial charge in [0, 0.05) is 12.6 Å². The van der Waals surface area contributed by atoms with Crippen molar-refractivity contribution in [1.29, 1.82) is 0 Å². The van der Waals surface area contributed by atoms with Crippen LogP contribution in [0.3, 0.4) is 0 Å². The molecule has 108 valence electrons. The largest absolute Gasteiger partial charge is 0.394 e. The maximum atomic E-state index is 10.3. The minimum Gasteiger partial charge on any atom is -0.394 e. The molecule has 8 nitrogen and oxygen atoms in total. The van der Waals surface area contributed by atoms with Gasteiger partial charge in [0.25, 0.3) is 0 Å². The van der Waals surface area contributed by atoms with Crippen molar-refractivity contribution in [3.63, 3.8) is 0 Å². The van der Waals surface area contributed by atoms with Gasteiger partial charge in [0.2, 0.25) is 0 Å². The molecule has 0 saturated heterocycles. The van der Waals surface area contributed by atoms with Crippen LogP contribution in [-0.4, -0.2) is 59.4 Å². The number of nitrogens with zero attached hydrogens (tertiary/aromatic N) is 3. The SMILES string of the molecule is Nc1ncnc2c1ccn2[C@@H]1CC1(O)C(O)[C@H](O)CO. The topological polar surface area (TPSA) is 138 Å². The van der Waals surface area contributed by atoms with Gasteiger partial charge in [-0.2, -0.15) is 0 Å². The Morgan fingerprint density at radius 2 is 2.20 bits per heavy atom. The summed E-state index contributed by atoms with van der Waals surface area (Å²) in [6.45, 7) is -0.613. The monoisotopic (exact) mass is 280 g/mol. The van der Waals surface area contributed by atoms with E-state index in [1.165, 1.54) is 6.33 Å². The molecule has 1 saturated carbocycles. The lowest BCUT2D eigenvalue weighted by molar-refractivity contribution is -0.0934. The molecule has 0 aliphatic heterocycles. The summed E-state index contributed by atoms with van der Waals surface area (Å²) in [7, 11) is 0. The van der Waals surface area contributed by atoms with E-state index < -0.39 is 30.5 Å². The Hall–Kier alpha value is -1.74. The molecule has 1 aliphatic rings. The summed E-state index contributed by atoms with van der Waals surface area (Å²) < 4.78 is 1.70. The van der Waals surface area contributed by atoms with Gasteiger partial charge in [-0.1, -0.05) is 0 Å². The summed E-state index contributed by atoms with van der Waals surface area (Å²) >= 11 is 0. The summed E-state index contributed by atoms with van der Waals surface area (Å²) in [5.74, 6) is 0.342. The van der Waals surface area contributed by atoms with Crippen LogP contribution in [0.4, 0.5) is 5.82 Å². The third-order valence-corrected chi connectivity index (χ3v) is 3.88. The Kier molecular flexibility index (Phi) is 2.91. The second kappa shape index (κ2) is 4.38. The lowest BCUT2D eigenvalue weighted by Gasteiger charge is -2.22. The number of nitrogen functional groups attached to an aromatic ring is 1. The number of aliphatic hydroxyl groups excluding tert-OH is 3. The number of rotatable bonds is 4. The number of aliphatic hydroxyl groups is 4. The van der Waals surface area contributed by atoms with Crippen LogP contribution in [0, 0.1) is 0 Å². The molecule has 0 radical (unpaired) electrons. The van der Waals surface area contributed by atoms with Crippen LogP contribution in [-0.2, 0) is 0 Å². The van der Waals surface area contributed by atoms with Crippen LogP contribution >= 0.6 is 0 Å². The van der Waals surface area contributed by atoms with E-state index in [0.717, 1.165) is 0 Å². The first-order valence-corrected chi connectivity index (χ1v) is 6.25. The average Bonchev–Trinajstić information content (AvgIpc) is 2.95. The zero-order valence-electron chi connectivity index (χ0n) is 10.6. The van der Waals surface area contributed by atoms with Crippen molar-refractivity contribution in [2.75, 3.05) is 12.3 Å². The van der Waals surface area contributed by atoms with Crippen LogP contribution in [0.2, 0.25) is 0 Å². The molecule has 4 atom stereocenters. The first kappa shape index (κ1) is 13.3. The maximum absolute atomic E-state index is 10.3. The molecule has 1 fully saturated rings. The van der Waals surface area contributed by atoms with Gasteiger partial charge in [-0.25, -0.2) is 9.97 Å². The van der Waals surface area contributed by atoms with E-state index in [1.807, 2.05) is 0 Å². The Labute approximate surface area is 114 Å². The van der Waals surface area contributed by atoms with Gasteiger partial charge in [0.1, 0.15) is 35.6 Å². The molecule has 2 aromatic heterocycles. The number of nitrogens with two attached hydrogens (primary N) is 1. The molecule has 3 rings (SSSR count). The third-order valence-electron chi connectivity index (χ3n) is 3.88. The molecule has 0 aromatic carbocycles. The van der Waals surface area contributed by atoms with Gasteiger partial charge in [0.15, 0.2) is 0 Å². The van der Waals surface area contributed by atoms with Crippen molar-refractivity contribution in [3.8, 4) is 0 Å². The summed E-state index contributed by atoms with van der Waals surface area (Å²) in [6, 6.07) is 1.31. The van der Waals surface area contributed by atoms with Crippen LogP contribution in [0.5, 0.6) is 0 Å². The first-order chi connectivity index (χ1) is 9.49. The molecular formula is C12H16N4O4. The molecule has 2 aromatic rings. The maximum Gasteiger partial charge on any atom is 0.145 e. The molecule has 6 N–H and O–H groups in total. The molecule has 0 spiro atoms. The fraction of sp³-hybridized carbons (Fsp3) is 0.500. The van der Waals surface area contributed by atoms with Gasteiger partial charge < -0.3 is 30.7 Å². The van der Waals surface area contributed by atoms with E-state index in [2.05, 4.69) is 9.97 Å². The predicted molar refractivity (Wildman–Crippen MR) is 69.6 cm³/mol. The molecule has 0 bridgehead atoms. The number of hydrogen-bond donors (Lipinski definition) is 5. The molecular weight excluding hydrogens is 264 g/mol. The van der Waals surface area contributed by atoms with Crippen molar-refractivity contribution >= 4 is 16.9 Å². The highest BCUT2D eigenvalue weighted by Gasteiger charge is 2.61. The van der Waals surface area contributed by atoms with Gasteiger partial charge in [-0.05, 0) is 6.07 Å². The van der Waals surface area contributed by atoms with Gasteiger partial charge in [0.05, 0.1) is 18.0 Å². The molecule has 20 heavy (non-hydrogen) atoms. The number of hydrogen-bond acceptors (Lipinski definition) is 7. The highest BCUT2D eigenvalue weighted by atomic mass is 16.4. The lowest BCUT2D eigenvalue weighted by Crippen LogP contribution is -2.42. The van der Waals surface area contributed by atoms with Crippen molar-refractivity contribution in [1.82, 2.24) is 14.5 Å². The van der Waals surface area contributed by atoms with E-state index in [0.29, 0.717) is 16.9 Å². The molecule has 8 heteroatoms. The van der Waals surface area contributed by atoms with Crippen LogP contribution in [0.25, 0.3) is 11.0 Å². The Morgan fingerprint density at radius 1 is 1.45 bits per heavy atom. The molecule has 1 aliphatic carbocycles. The van der Waals surface area contributed by atoms with Crippen LogP contribution in [0.15, 0.2) is 18.6 Å². The Balaban J connectivity index is 1.93. The van der Waals surface area contributed by atoms with Crippen molar-refractivity contribution in [2.45, 2.75) is 30.3 Å². The summed E-state index contributed by atoms with van der Waals surface area (Å²) in [4.78, 5) is 8.00. The smallest absolute Gasteiger partial charge is 0.145 e. The van der Waals surface area contributed by atoms with Gasteiger partial charge in [-0.3, -0.25) is 0 Å². The lowest BCUT2D eigenvalue weighted by atomic mass is 10.1. The Morgan fingerprint density at radius 3 is 2.90 bits per heavy atom. The summed E-state index contributed by atoms with van der Waals surface area (Å²) in [5, 5.41) is 39.2. The third kappa shape index (κ3) is 1.77. The van der Waals surface area contributed by atoms with Crippen molar-refractivity contribution in [2.24, 2.45) is 0 Å². The number of anilines is 1. The summed E-state index contributed by atoms with van der Waals surface area (Å²) in [6.07, 6.45) is 0.491. The highest BCUT2D eigenvalue weighted by molar-refractivity contribution is 5.86. The zero-order chi connectivity index (χ0) is 14.5. The first-order valence-electron chi connectivity index (χ1n) is 6.25. The quantitative estimate of drug-likeness (QED) is 0.455. The van der Waals surface area contributed by atoms with E-state index in [1.54, 1.807) is 16.8 Å². The Bertz CT molecular complexity index is 645. The zero-order valence-corrected chi connectivity index (χ0v) is 10.6. The second-order valence-corrected chi connectivity index (χ2v) is 5.13. The standard InChI is InChI=1S/C12H16N4O4/c13-10-6-1-2-16(11(6)15-5-14-10)8-3-12(8,20)9(19)7(18)4-17/h1-2,5,7-9,17-20H,3-4H2,(H2,13,14,15)/t7-,8-,9?,12?/m1/s1. The van der Waals surface area contributed by atoms with Crippen molar-refractivity contribution < 1.29 is 20.4 Å². The van der Waals surface area contributed by atoms with E-state index in [9.17, 15) is 15.3 Å². The molecule has 0 amide bonds. The normalized spacial score (nSPS) is 28.5.